The first kappa shape index (κ1) is 17.7. The molecule has 1 heterocycles. The Morgan fingerprint density at radius 1 is 0.962 bits per heavy atom. The van der Waals surface area contributed by atoms with Gasteiger partial charge >= 0.3 is 0 Å². The van der Waals surface area contributed by atoms with Crippen LogP contribution in [0.1, 0.15) is 34.3 Å². The average molecular weight is 352 g/mol. The van der Waals surface area contributed by atoms with Gasteiger partial charge in [-0.05, 0) is 35.4 Å². The van der Waals surface area contributed by atoms with Gasteiger partial charge in [-0.15, -0.1) is 0 Å². The molecule has 0 saturated carbocycles. The molecule has 0 bridgehead atoms. The highest BCUT2D eigenvalue weighted by Gasteiger charge is 2.28. The Morgan fingerprint density at radius 3 is 2.12 bits per heavy atom. The topological polar surface area (TPSA) is 75.7 Å². The van der Waals surface area contributed by atoms with Crippen LogP contribution in [0.4, 0.5) is 0 Å². The molecular formula is C20H20N2O4. The smallest absolute Gasteiger partial charge is 0.251 e. The van der Waals surface area contributed by atoms with Crippen LogP contribution in [-0.4, -0.2) is 29.7 Å². The van der Waals surface area contributed by atoms with Crippen LogP contribution < -0.4 is 10.1 Å². The number of nitrogens with one attached hydrogen (secondary N) is 1. The molecule has 1 fully saturated rings. The molecule has 0 atom stereocenters. The minimum Gasteiger partial charge on any atom is -0.497 e. The first-order chi connectivity index (χ1) is 12.6. The Labute approximate surface area is 151 Å². The Kier molecular flexibility index (Phi) is 5.31. The SMILES string of the molecule is COc1ccc(CNC(=O)c2ccc(CN3C(=O)CCC3=O)cc2)cc1. The number of rotatable bonds is 6. The Bertz CT molecular complexity index is 797. The maximum absolute atomic E-state index is 12.2. The molecule has 2 aromatic rings. The lowest BCUT2D eigenvalue weighted by atomic mass is 10.1. The first-order valence-electron chi connectivity index (χ1n) is 8.40. The van der Waals surface area contributed by atoms with Crippen LogP contribution in [0.5, 0.6) is 5.75 Å². The molecule has 2 aromatic carbocycles. The van der Waals surface area contributed by atoms with Gasteiger partial charge in [0.1, 0.15) is 5.75 Å². The van der Waals surface area contributed by atoms with E-state index in [0.29, 0.717) is 12.1 Å². The van der Waals surface area contributed by atoms with Crippen molar-refractivity contribution in [1.82, 2.24) is 10.2 Å². The highest BCUT2D eigenvalue weighted by atomic mass is 16.5. The van der Waals surface area contributed by atoms with Crippen LogP contribution in [0.15, 0.2) is 48.5 Å². The van der Waals surface area contributed by atoms with E-state index in [0.717, 1.165) is 16.9 Å². The highest BCUT2D eigenvalue weighted by molar-refractivity contribution is 6.01. The first-order valence-corrected chi connectivity index (χ1v) is 8.40. The molecule has 0 radical (unpaired) electrons. The van der Waals surface area contributed by atoms with Crippen molar-refractivity contribution in [2.24, 2.45) is 0 Å². The summed E-state index contributed by atoms with van der Waals surface area (Å²) in [6, 6.07) is 14.4. The molecule has 0 aliphatic carbocycles. The average Bonchev–Trinajstić information content (AvgIpc) is 2.99. The van der Waals surface area contributed by atoms with Gasteiger partial charge < -0.3 is 10.1 Å². The van der Waals surface area contributed by atoms with E-state index in [2.05, 4.69) is 5.32 Å². The molecule has 0 aromatic heterocycles. The van der Waals surface area contributed by atoms with E-state index in [4.69, 9.17) is 4.74 Å². The van der Waals surface area contributed by atoms with Gasteiger partial charge in [0, 0.05) is 24.9 Å². The maximum atomic E-state index is 12.2. The summed E-state index contributed by atoms with van der Waals surface area (Å²) in [5.41, 5.74) is 2.32. The molecular weight excluding hydrogens is 332 g/mol. The second-order valence-electron chi connectivity index (χ2n) is 6.10. The third-order valence-electron chi connectivity index (χ3n) is 4.32. The number of benzene rings is 2. The molecule has 1 aliphatic rings. The normalized spacial score (nSPS) is 13.8. The Morgan fingerprint density at radius 2 is 1.54 bits per heavy atom. The van der Waals surface area contributed by atoms with E-state index in [1.165, 1.54) is 4.90 Å². The quantitative estimate of drug-likeness (QED) is 0.809. The zero-order chi connectivity index (χ0) is 18.5. The summed E-state index contributed by atoms with van der Waals surface area (Å²) in [6.45, 7) is 0.673. The third kappa shape index (κ3) is 4.08. The van der Waals surface area contributed by atoms with Crippen LogP contribution in [0.3, 0.4) is 0 Å². The van der Waals surface area contributed by atoms with Gasteiger partial charge in [0.2, 0.25) is 11.8 Å². The van der Waals surface area contributed by atoms with Crippen molar-refractivity contribution in [2.75, 3.05) is 7.11 Å². The number of carbonyl (C=O) groups is 3. The lowest BCUT2D eigenvalue weighted by Gasteiger charge is -2.14. The monoisotopic (exact) mass is 352 g/mol. The summed E-state index contributed by atoms with van der Waals surface area (Å²) in [5, 5.41) is 2.86. The van der Waals surface area contributed by atoms with E-state index in [-0.39, 0.29) is 37.1 Å². The standard InChI is InChI=1S/C20H20N2O4/c1-26-17-8-4-14(5-9-17)12-21-20(25)16-6-2-15(3-7-16)13-22-18(23)10-11-19(22)24/h2-9H,10-13H2,1H3,(H,21,25). The number of hydrogen-bond acceptors (Lipinski definition) is 4. The van der Waals surface area contributed by atoms with E-state index in [1.807, 2.05) is 24.3 Å². The molecule has 1 saturated heterocycles. The molecule has 0 unspecified atom stereocenters. The van der Waals surface area contributed by atoms with Gasteiger partial charge in [-0.2, -0.15) is 0 Å². The van der Waals surface area contributed by atoms with E-state index in [9.17, 15) is 14.4 Å². The number of methoxy groups -OCH3 is 1. The summed E-state index contributed by atoms with van der Waals surface area (Å²) in [4.78, 5) is 36.8. The molecule has 26 heavy (non-hydrogen) atoms. The summed E-state index contributed by atoms with van der Waals surface area (Å²) < 4.78 is 5.10. The number of amides is 3. The summed E-state index contributed by atoms with van der Waals surface area (Å²) in [5.74, 6) is 0.305. The predicted molar refractivity (Wildman–Crippen MR) is 95.4 cm³/mol. The van der Waals surface area contributed by atoms with Crippen LogP contribution in [-0.2, 0) is 22.7 Å². The Balaban J connectivity index is 1.56. The van der Waals surface area contributed by atoms with Gasteiger partial charge in [-0.3, -0.25) is 19.3 Å². The molecule has 1 aliphatic heterocycles. The molecule has 6 nitrogen and oxygen atoms in total. The van der Waals surface area contributed by atoms with Crippen molar-refractivity contribution in [3.05, 3.63) is 65.2 Å². The number of hydrogen-bond donors (Lipinski definition) is 1. The number of nitrogens with zero attached hydrogens (tertiary/aromatic N) is 1. The number of likely N-dealkylation sites (tertiary alicyclic amines) is 1. The van der Waals surface area contributed by atoms with Gasteiger partial charge in [0.05, 0.1) is 13.7 Å². The minimum atomic E-state index is -0.180. The van der Waals surface area contributed by atoms with Gasteiger partial charge in [0.25, 0.3) is 5.91 Å². The van der Waals surface area contributed by atoms with Gasteiger partial charge in [-0.25, -0.2) is 0 Å². The van der Waals surface area contributed by atoms with Crippen molar-refractivity contribution < 1.29 is 19.1 Å². The fourth-order valence-electron chi connectivity index (χ4n) is 2.77. The Hall–Kier alpha value is -3.15. The minimum absolute atomic E-state index is 0.142. The van der Waals surface area contributed by atoms with E-state index >= 15 is 0 Å². The summed E-state index contributed by atoms with van der Waals surface area (Å²) in [6.07, 6.45) is 0.565. The summed E-state index contributed by atoms with van der Waals surface area (Å²) in [7, 11) is 1.61. The van der Waals surface area contributed by atoms with Crippen molar-refractivity contribution in [1.29, 1.82) is 0 Å². The zero-order valence-corrected chi connectivity index (χ0v) is 14.5. The van der Waals surface area contributed by atoms with Crippen LogP contribution in [0.2, 0.25) is 0 Å². The van der Waals surface area contributed by atoms with E-state index < -0.39 is 0 Å². The van der Waals surface area contributed by atoms with Crippen molar-refractivity contribution in [3.8, 4) is 5.75 Å². The van der Waals surface area contributed by atoms with Crippen LogP contribution in [0, 0.1) is 0 Å². The van der Waals surface area contributed by atoms with Gasteiger partial charge in [-0.1, -0.05) is 24.3 Å². The van der Waals surface area contributed by atoms with Crippen LogP contribution >= 0.6 is 0 Å². The fourth-order valence-corrected chi connectivity index (χ4v) is 2.77. The molecule has 6 heteroatoms. The number of imide groups is 1. The third-order valence-corrected chi connectivity index (χ3v) is 4.32. The second kappa shape index (κ2) is 7.82. The molecule has 0 spiro atoms. The van der Waals surface area contributed by atoms with Gasteiger partial charge in [0.15, 0.2) is 0 Å². The highest BCUT2D eigenvalue weighted by Crippen LogP contribution is 2.16. The molecule has 3 rings (SSSR count). The number of carbonyl (C=O) groups excluding carboxylic acids is 3. The lowest BCUT2D eigenvalue weighted by molar-refractivity contribution is -0.139. The maximum Gasteiger partial charge on any atom is 0.251 e. The predicted octanol–water partition coefficient (Wildman–Crippen LogP) is 2.27. The van der Waals surface area contributed by atoms with Crippen molar-refractivity contribution in [2.45, 2.75) is 25.9 Å². The number of ether oxygens (including phenoxy) is 1. The fraction of sp³-hybridized carbons (Fsp3) is 0.250. The molecule has 134 valence electrons. The van der Waals surface area contributed by atoms with Crippen molar-refractivity contribution >= 4 is 17.7 Å². The van der Waals surface area contributed by atoms with Crippen molar-refractivity contribution in [3.63, 3.8) is 0 Å². The summed E-state index contributed by atoms with van der Waals surface area (Å²) >= 11 is 0. The lowest BCUT2D eigenvalue weighted by Crippen LogP contribution is -2.28. The van der Waals surface area contributed by atoms with Crippen LogP contribution in [0.25, 0.3) is 0 Å². The van der Waals surface area contributed by atoms with E-state index in [1.54, 1.807) is 31.4 Å². The molecule has 3 amide bonds. The zero-order valence-electron chi connectivity index (χ0n) is 14.5. The second-order valence-corrected chi connectivity index (χ2v) is 6.10. The molecule has 1 N–H and O–H groups in total. The largest absolute Gasteiger partial charge is 0.497 e.